The number of aromatic amines is 1. The zero-order chi connectivity index (χ0) is 15.0. The van der Waals surface area contributed by atoms with Gasteiger partial charge in [-0.25, -0.2) is 4.98 Å². The molecule has 0 aliphatic heterocycles. The Morgan fingerprint density at radius 3 is 2.86 bits per heavy atom. The Balaban J connectivity index is 1.93. The van der Waals surface area contributed by atoms with Gasteiger partial charge in [0.2, 0.25) is 5.95 Å². The lowest BCUT2D eigenvalue weighted by molar-refractivity contribution is 0.102. The lowest BCUT2D eigenvalue weighted by atomic mass is 10.1. The van der Waals surface area contributed by atoms with Crippen LogP contribution in [0.3, 0.4) is 0 Å². The predicted molar refractivity (Wildman–Crippen MR) is 84.6 cm³/mol. The number of carbonyl (C=O) groups is 1. The van der Waals surface area contributed by atoms with E-state index in [4.69, 9.17) is 0 Å². The number of amides is 1. The van der Waals surface area contributed by atoms with Crippen LogP contribution in [-0.2, 0) is 0 Å². The SMILES string of the molecule is Cc1cc(Br)c(O)c(C(=O)Nc2nc3ccccc3[nH]2)c1. The maximum absolute atomic E-state index is 12.3. The quantitative estimate of drug-likeness (QED) is 0.664. The van der Waals surface area contributed by atoms with Crippen molar-refractivity contribution in [1.29, 1.82) is 0 Å². The van der Waals surface area contributed by atoms with Crippen LogP contribution in [0.25, 0.3) is 11.0 Å². The number of aromatic nitrogens is 2. The number of phenolic OH excluding ortho intramolecular Hbond substituents is 1. The largest absolute Gasteiger partial charge is 0.506 e. The minimum absolute atomic E-state index is 0.0887. The molecule has 1 aromatic heterocycles. The maximum atomic E-state index is 12.3. The van der Waals surface area contributed by atoms with E-state index < -0.39 is 5.91 Å². The Bertz CT molecular complexity index is 809. The van der Waals surface area contributed by atoms with Gasteiger partial charge in [0.15, 0.2) is 0 Å². The molecule has 106 valence electrons. The van der Waals surface area contributed by atoms with E-state index in [9.17, 15) is 9.90 Å². The van der Waals surface area contributed by atoms with Gasteiger partial charge in [-0.05, 0) is 52.7 Å². The van der Waals surface area contributed by atoms with Crippen molar-refractivity contribution >= 4 is 38.8 Å². The van der Waals surface area contributed by atoms with Crippen molar-refractivity contribution in [3.63, 3.8) is 0 Å². The van der Waals surface area contributed by atoms with Crippen LogP contribution in [0.4, 0.5) is 5.95 Å². The number of halogens is 1. The molecular formula is C15H12BrN3O2. The number of hydrogen-bond acceptors (Lipinski definition) is 3. The second-order valence-corrected chi connectivity index (χ2v) is 5.55. The van der Waals surface area contributed by atoms with Crippen LogP contribution in [0.2, 0.25) is 0 Å². The Morgan fingerprint density at radius 1 is 1.33 bits per heavy atom. The molecule has 1 heterocycles. The molecule has 2 aromatic carbocycles. The number of benzene rings is 2. The molecule has 0 saturated heterocycles. The second kappa shape index (κ2) is 5.21. The number of aryl methyl sites for hydroxylation is 1. The topological polar surface area (TPSA) is 78.0 Å². The number of nitrogens with zero attached hydrogens (tertiary/aromatic N) is 1. The van der Waals surface area contributed by atoms with E-state index in [1.54, 1.807) is 12.1 Å². The van der Waals surface area contributed by atoms with Gasteiger partial charge in [-0.15, -0.1) is 0 Å². The monoisotopic (exact) mass is 345 g/mol. The first kappa shape index (κ1) is 13.6. The summed E-state index contributed by atoms with van der Waals surface area (Å²) in [6.45, 7) is 1.85. The summed E-state index contributed by atoms with van der Waals surface area (Å²) in [5, 5.41) is 12.6. The number of carbonyl (C=O) groups excluding carboxylic acids is 1. The third-order valence-electron chi connectivity index (χ3n) is 3.07. The summed E-state index contributed by atoms with van der Waals surface area (Å²) in [4.78, 5) is 19.5. The molecule has 3 N–H and O–H groups in total. The Kier molecular flexibility index (Phi) is 3.39. The first-order chi connectivity index (χ1) is 10.0. The predicted octanol–water partition coefficient (Wildman–Crippen LogP) is 3.59. The smallest absolute Gasteiger partial charge is 0.261 e. The minimum Gasteiger partial charge on any atom is -0.506 e. The number of hydrogen-bond donors (Lipinski definition) is 3. The molecule has 0 fully saturated rings. The lowest BCUT2D eigenvalue weighted by Crippen LogP contribution is -2.13. The van der Waals surface area contributed by atoms with Gasteiger partial charge >= 0.3 is 0 Å². The number of nitrogens with one attached hydrogen (secondary N) is 2. The van der Waals surface area contributed by atoms with Crippen LogP contribution >= 0.6 is 15.9 Å². The third-order valence-corrected chi connectivity index (χ3v) is 3.68. The van der Waals surface area contributed by atoms with Gasteiger partial charge in [-0.3, -0.25) is 10.1 Å². The van der Waals surface area contributed by atoms with Gasteiger partial charge in [0, 0.05) is 0 Å². The summed E-state index contributed by atoms with van der Waals surface area (Å²) in [6.07, 6.45) is 0. The lowest BCUT2D eigenvalue weighted by Gasteiger charge is -2.07. The van der Waals surface area contributed by atoms with Gasteiger partial charge in [0.25, 0.3) is 5.91 Å². The number of anilines is 1. The maximum Gasteiger partial charge on any atom is 0.261 e. The van der Waals surface area contributed by atoms with Crippen LogP contribution in [0.5, 0.6) is 5.75 Å². The van der Waals surface area contributed by atoms with Gasteiger partial charge in [0.1, 0.15) is 5.75 Å². The first-order valence-corrected chi connectivity index (χ1v) is 7.09. The Hall–Kier alpha value is -2.34. The summed E-state index contributed by atoms with van der Waals surface area (Å²) in [6, 6.07) is 10.8. The summed E-state index contributed by atoms with van der Waals surface area (Å²) < 4.78 is 0.484. The zero-order valence-corrected chi connectivity index (χ0v) is 12.7. The van der Waals surface area contributed by atoms with Gasteiger partial charge in [0.05, 0.1) is 21.1 Å². The molecule has 0 saturated carbocycles. The average molecular weight is 346 g/mol. The number of phenols is 1. The molecule has 3 rings (SSSR count). The highest BCUT2D eigenvalue weighted by atomic mass is 79.9. The molecular weight excluding hydrogens is 334 g/mol. The Labute approximate surface area is 129 Å². The fourth-order valence-corrected chi connectivity index (χ4v) is 2.67. The molecule has 0 spiro atoms. The number of aromatic hydroxyl groups is 1. The number of H-pyrrole nitrogens is 1. The number of para-hydroxylation sites is 2. The summed E-state index contributed by atoms with van der Waals surface area (Å²) in [5.41, 5.74) is 2.67. The van der Waals surface area contributed by atoms with Crippen LogP contribution in [-0.4, -0.2) is 21.0 Å². The van der Waals surface area contributed by atoms with Crippen LogP contribution in [0.1, 0.15) is 15.9 Å². The highest BCUT2D eigenvalue weighted by Gasteiger charge is 2.16. The van der Waals surface area contributed by atoms with Crippen LogP contribution in [0, 0.1) is 6.92 Å². The summed E-state index contributed by atoms with van der Waals surface area (Å²) in [7, 11) is 0. The average Bonchev–Trinajstić information content (AvgIpc) is 2.84. The molecule has 0 atom stereocenters. The normalized spacial score (nSPS) is 10.8. The van der Waals surface area contributed by atoms with E-state index in [2.05, 4.69) is 31.2 Å². The van der Waals surface area contributed by atoms with Gasteiger partial charge in [-0.1, -0.05) is 12.1 Å². The van der Waals surface area contributed by atoms with Crippen molar-refractivity contribution in [3.8, 4) is 5.75 Å². The van der Waals surface area contributed by atoms with Gasteiger partial charge in [-0.2, -0.15) is 0 Å². The molecule has 21 heavy (non-hydrogen) atoms. The van der Waals surface area contributed by atoms with Crippen molar-refractivity contribution in [2.45, 2.75) is 6.92 Å². The molecule has 0 bridgehead atoms. The van der Waals surface area contributed by atoms with E-state index in [0.29, 0.717) is 10.4 Å². The zero-order valence-electron chi connectivity index (χ0n) is 11.1. The highest BCUT2D eigenvalue weighted by molar-refractivity contribution is 9.10. The Morgan fingerprint density at radius 2 is 2.10 bits per heavy atom. The molecule has 0 radical (unpaired) electrons. The highest BCUT2D eigenvalue weighted by Crippen LogP contribution is 2.29. The molecule has 0 unspecified atom stereocenters. The van der Waals surface area contributed by atoms with E-state index >= 15 is 0 Å². The van der Waals surface area contributed by atoms with Gasteiger partial charge < -0.3 is 10.1 Å². The van der Waals surface area contributed by atoms with E-state index in [1.807, 2.05) is 31.2 Å². The fourth-order valence-electron chi connectivity index (χ4n) is 2.09. The first-order valence-electron chi connectivity index (χ1n) is 6.30. The fraction of sp³-hybridized carbons (Fsp3) is 0.0667. The van der Waals surface area contributed by atoms with Crippen molar-refractivity contribution in [3.05, 3.63) is 52.0 Å². The molecule has 5 nitrogen and oxygen atoms in total. The number of imidazole rings is 1. The van der Waals surface area contributed by atoms with Crippen molar-refractivity contribution < 1.29 is 9.90 Å². The van der Waals surface area contributed by atoms with E-state index in [1.165, 1.54) is 0 Å². The van der Waals surface area contributed by atoms with Crippen molar-refractivity contribution in [2.24, 2.45) is 0 Å². The molecule has 0 aliphatic rings. The number of rotatable bonds is 2. The summed E-state index contributed by atoms with van der Waals surface area (Å²) >= 11 is 3.23. The van der Waals surface area contributed by atoms with Crippen molar-refractivity contribution in [2.75, 3.05) is 5.32 Å². The summed E-state index contributed by atoms with van der Waals surface area (Å²) in [5.74, 6) is -0.164. The third kappa shape index (κ3) is 2.62. The van der Waals surface area contributed by atoms with Crippen molar-refractivity contribution in [1.82, 2.24) is 9.97 Å². The standard InChI is InChI=1S/C15H12BrN3O2/c1-8-6-9(13(20)10(16)7-8)14(21)19-15-17-11-4-2-3-5-12(11)18-15/h2-7,20H,1H3,(H2,17,18,19,21). The van der Waals surface area contributed by atoms with Crippen LogP contribution < -0.4 is 5.32 Å². The molecule has 3 aromatic rings. The second-order valence-electron chi connectivity index (χ2n) is 4.70. The molecule has 6 heteroatoms. The molecule has 1 amide bonds. The van der Waals surface area contributed by atoms with E-state index in [0.717, 1.165) is 16.6 Å². The minimum atomic E-state index is -0.420. The van der Waals surface area contributed by atoms with E-state index in [-0.39, 0.29) is 11.3 Å². The molecule has 0 aliphatic carbocycles. The number of fused-ring (bicyclic) bond motifs is 1. The van der Waals surface area contributed by atoms with Crippen LogP contribution in [0.15, 0.2) is 40.9 Å².